The average Bonchev–Trinajstić information content (AvgIpc) is 2.46. The molecule has 5 heteroatoms. The van der Waals surface area contributed by atoms with Gasteiger partial charge in [-0.1, -0.05) is 0 Å². The van der Waals surface area contributed by atoms with Crippen LogP contribution in [-0.4, -0.2) is 38.9 Å². The Balaban J connectivity index is 2.34. The zero-order valence-electron chi connectivity index (χ0n) is 12.3. The van der Waals surface area contributed by atoms with E-state index < -0.39 is 0 Å². The summed E-state index contributed by atoms with van der Waals surface area (Å²) in [5, 5.41) is 0. The van der Waals surface area contributed by atoms with E-state index in [4.69, 9.17) is 15.2 Å². The van der Waals surface area contributed by atoms with E-state index in [2.05, 4.69) is 11.8 Å². The zero-order chi connectivity index (χ0) is 14.8. The lowest BCUT2D eigenvalue weighted by molar-refractivity contribution is -0.00473. The normalized spacial score (nSPS) is 22.6. The number of esters is 1. The molecule has 1 aromatic carbocycles. The number of ether oxygens (including phenoxy) is 2. The molecule has 5 nitrogen and oxygen atoms in total. The van der Waals surface area contributed by atoms with Crippen molar-refractivity contribution in [1.29, 1.82) is 0 Å². The summed E-state index contributed by atoms with van der Waals surface area (Å²) in [7, 11) is 3.11. The minimum Gasteiger partial charge on any atom is -0.465 e. The number of hydrogen-bond donors (Lipinski definition) is 1. The van der Waals surface area contributed by atoms with Crippen LogP contribution in [0.2, 0.25) is 0 Å². The number of benzene rings is 1. The van der Waals surface area contributed by atoms with Gasteiger partial charge in [0.05, 0.1) is 24.0 Å². The van der Waals surface area contributed by atoms with Gasteiger partial charge in [0, 0.05) is 25.9 Å². The molecule has 1 aromatic rings. The maximum atomic E-state index is 11.9. The van der Waals surface area contributed by atoms with Crippen molar-refractivity contribution in [2.75, 3.05) is 37.9 Å². The standard InChI is InChI=1S/C15H22N2O3/c1-15(20-3)7-4-8-17(10-15)13-6-5-11(16)9-12(13)14(18)19-2/h5-6,9H,4,7-8,10,16H2,1-3H3. The van der Waals surface area contributed by atoms with E-state index in [-0.39, 0.29) is 11.6 Å². The molecule has 1 atom stereocenters. The predicted molar refractivity (Wildman–Crippen MR) is 79.1 cm³/mol. The van der Waals surface area contributed by atoms with Crippen LogP contribution in [0.5, 0.6) is 0 Å². The Morgan fingerprint density at radius 2 is 2.15 bits per heavy atom. The minimum atomic E-state index is -0.364. The van der Waals surface area contributed by atoms with Gasteiger partial charge >= 0.3 is 5.97 Å². The van der Waals surface area contributed by atoms with Crippen molar-refractivity contribution in [1.82, 2.24) is 0 Å². The van der Waals surface area contributed by atoms with Crippen LogP contribution >= 0.6 is 0 Å². The highest BCUT2D eigenvalue weighted by atomic mass is 16.5. The molecule has 1 unspecified atom stereocenters. The van der Waals surface area contributed by atoms with Gasteiger partial charge in [-0.15, -0.1) is 0 Å². The van der Waals surface area contributed by atoms with Gasteiger partial charge < -0.3 is 20.1 Å². The first-order chi connectivity index (χ1) is 9.49. The van der Waals surface area contributed by atoms with Crippen LogP contribution in [0.3, 0.4) is 0 Å². The number of nitrogen functional groups attached to an aromatic ring is 1. The van der Waals surface area contributed by atoms with E-state index in [0.29, 0.717) is 11.3 Å². The van der Waals surface area contributed by atoms with Crippen LogP contribution in [0.15, 0.2) is 18.2 Å². The smallest absolute Gasteiger partial charge is 0.340 e. The molecule has 2 N–H and O–H groups in total. The van der Waals surface area contributed by atoms with Gasteiger partial charge in [-0.2, -0.15) is 0 Å². The molecular formula is C15H22N2O3. The Hall–Kier alpha value is -1.75. The summed E-state index contributed by atoms with van der Waals surface area (Å²) in [6, 6.07) is 5.35. The van der Waals surface area contributed by atoms with Crippen molar-refractivity contribution in [2.45, 2.75) is 25.4 Å². The molecule has 20 heavy (non-hydrogen) atoms. The third kappa shape index (κ3) is 2.88. The lowest BCUT2D eigenvalue weighted by atomic mass is 9.93. The number of rotatable bonds is 3. The fourth-order valence-corrected chi connectivity index (χ4v) is 2.68. The van der Waals surface area contributed by atoms with E-state index in [1.165, 1.54) is 7.11 Å². The van der Waals surface area contributed by atoms with Crippen LogP contribution < -0.4 is 10.6 Å². The van der Waals surface area contributed by atoms with Gasteiger partial charge in [-0.05, 0) is 38.0 Å². The molecule has 0 spiro atoms. The van der Waals surface area contributed by atoms with Gasteiger partial charge in [0.15, 0.2) is 0 Å². The van der Waals surface area contributed by atoms with Gasteiger partial charge in [-0.3, -0.25) is 0 Å². The number of hydrogen-bond acceptors (Lipinski definition) is 5. The van der Waals surface area contributed by atoms with E-state index in [1.807, 2.05) is 6.07 Å². The second-order valence-corrected chi connectivity index (χ2v) is 5.45. The molecule has 0 bridgehead atoms. The number of nitrogens with zero attached hydrogens (tertiary/aromatic N) is 1. The number of nitrogens with two attached hydrogens (primary N) is 1. The Labute approximate surface area is 119 Å². The topological polar surface area (TPSA) is 64.8 Å². The Morgan fingerprint density at radius 3 is 2.80 bits per heavy atom. The highest BCUT2D eigenvalue weighted by Gasteiger charge is 2.32. The second-order valence-electron chi connectivity index (χ2n) is 5.45. The van der Waals surface area contributed by atoms with Gasteiger partial charge in [0.2, 0.25) is 0 Å². The highest BCUT2D eigenvalue weighted by molar-refractivity contribution is 5.97. The maximum absolute atomic E-state index is 11.9. The molecule has 0 saturated carbocycles. The SMILES string of the molecule is COC(=O)c1cc(N)ccc1N1CCCC(C)(OC)C1. The number of carbonyl (C=O) groups is 1. The molecule has 110 valence electrons. The summed E-state index contributed by atoms with van der Waals surface area (Å²) in [5.41, 5.74) is 7.51. The predicted octanol–water partition coefficient (Wildman–Crippen LogP) is 2.06. The third-order valence-electron chi connectivity index (χ3n) is 3.92. The van der Waals surface area contributed by atoms with E-state index in [9.17, 15) is 4.79 Å². The van der Waals surface area contributed by atoms with Crippen molar-refractivity contribution in [2.24, 2.45) is 0 Å². The van der Waals surface area contributed by atoms with E-state index >= 15 is 0 Å². The average molecular weight is 278 g/mol. The van der Waals surface area contributed by atoms with E-state index in [0.717, 1.165) is 31.6 Å². The van der Waals surface area contributed by atoms with Crippen molar-refractivity contribution in [3.63, 3.8) is 0 Å². The third-order valence-corrected chi connectivity index (χ3v) is 3.92. The molecular weight excluding hydrogens is 256 g/mol. The monoisotopic (exact) mass is 278 g/mol. The van der Waals surface area contributed by atoms with Crippen LogP contribution in [0.4, 0.5) is 11.4 Å². The summed E-state index contributed by atoms with van der Waals surface area (Å²) >= 11 is 0. The molecule has 0 aromatic heterocycles. The highest BCUT2D eigenvalue weighted by Crippen LogP contribution is 2.31. The van der Waals surface area contributed by atoms with Gasteiger partial charge in [-0.25, -0.2) is 4.79 Å². The van der Waals surface area contributed by atoms with Crippen molar-refractivity contribution in [3.05, 3.63) is 23.8 Å². The first-order valence-corrected chi connectivity index (χ1v) is 6.77. The van der Waals surface area contributed by atoms with Crippen molar-refractivity contribution >= 4 is 17.3 Å². The Bertz CT molecular complexity index is 504. The molecule has 0 amide bonds. The second kappa shape index (κ2) is 5.71. The maximum Gasteiger partial charge on any atom is 0.340 e. The van der Waals surface area contributed by atoms with Crippen molar-refractivity contribution in [3.8, 4) is 0 Å². The van der Waals surface area contributed by atoms with Crippen LogP contribution in [0.25, 0.3) is 0 Å². The van der Waals surface area contributed by atoms with Gasteiger partial charge in [0.1, 0.15) is 0 Å². The Morgan fingerprint density at radius 1 is 1.40 bits per heavy atom. The van der Waals surface area contributed by atoms with Crippen LogP contribution in [-0.2, 0) is 9.47 Å². The lowest BCUT2D eigenvalue weighted by Crippen LogP contribution is -2.47. The molecule has 1 heterocycles. The largest absolute Gasteiger partial charge is 0.465 e. The fraction of sp³-hybridized carbons (Fsp3) is 0.533. The van der Waals surface area contributed by atoms with E-state index in [1.54, 1.807) is 19.2 Å². The molecule has 1 aliphatic heterocycles. The van der Waals surface area contributed by atoms with Crippen LogP contribution in [0.1, 0.15) is 30.1 Å². The van der Waals surface area contributed by atoms with Crippen molar-refractivity contribution < 1.29 is 14.3 Å². The number of anilines is 2. The first kappa shape index (κ1) is 14.7. The molecule has 0 aliphatic carbocycles. The first-order valence-electron chi connectivity index (χ1n) is 6.77. The Kier molecular flexibility index (Phi) is 4.18. The quantitative estimate of drug-likeness (QED) is 0.677. The lowest BCUT2D eigenvalue weighted by Gasteiger charge is -2.41. The molecule has 1 saturated heterocycles. The molecule has 1 fully saturated rings. The number of methoxy groups -OCH3 is 2. The minimum absolute atomic E-state index is 0.187. The van der Waals surface area contributed by atoms with Crippen LogP contribution in [0, 0.1) is 0 Å². The number of carbonyl (C=O) groups excluding carboxylic acids is 1. The molecule has 2 rings (SSSR count). The number of piperidine rings is 1. The summed E-state index contributed by atoms with van der Waals surface area (Å²) in [5.74, 6) is -0.364. The molecule has 1 aliphatic rings. The van der Waals surface area contributed by atoms with Gasteiger partial charge in [0.25, 0.3) is 0 Å². The zero-order valence-corrected chi connectivity index (χ0v) is 12.3. The summed E-state index contributed by atoms with van der Waals surface area (Å²) in [6.45, 7) is 3.73. The summed E-state index contributed by atoms with van der Waals surface area (Å²) in [6.07, 6.45) is 2.04. The fourth-order valence-electron chi connectivity index (χ4n) is 2.68. The summed E-state index contributed by atoms with van der Waals surface area (Å²) in [4.78, 5) is 14.1. The molecule has 0 radical (unpaired) electrons. The summed E-state index contributed by atoms with van der Waals surface area (Å²) < 4.78 is 10.4.